The van der Waals surface area contributed by atoms with Gasteiger partial charge in [-0.1, -0.05) is 11.8 Å². The highest BCUT2D eigenvalue weighted by Crippen LogP contribution is 2.24. The van der Waals surface area contributed by atoms with Crippen LogP contribution in [0.4, 0.5) is 0 Å². The molecule has 8 heteroatoms. The highest BCUT2D eigenvalue weighted by molar-refractivity contribution is 7.99. The number of aromatic nitrogens is 2. The van der Waals surface area contributed by atoms with Gasteiger partial charge in [0.05, 0.1) is 11.5 Å². The Morgan fingerprint density at radius 3 is 2.94 bits per heavy atom. The molecule has 1 aromatic rings. The van der Waals surface area contributed by atoms with E-state index in [2.05, 4.69) is 10.2 Å². The minimum atomic E-state index is -2.85. The maximum Gasteiger partial charge on any atom is 0.276 e. The number of hydrogen-bond acceptors (Lipinski definition) is 7. The predicted molar refractivity (Wildman–Crippen MR) is 67.2 cm³/mol. The molecule has 0 bridgehead atoms. The average molecular weight is 292 g/mol. The Morgan fingerprint density at radius 2 is 2.28 bits per heavy atom. The second-order valence-corrected chi connectivity index (χ2v) is 7.64. The smallest absolute Gasteiger partial charge is 0.276 e. The van der Waals surface area contributed by atoms with E-state index >= 15 is 0 Å². The van der Waals surface area contributed by atoms with Gasteiger partial charge in [0.2, 0.25) is 5.89 Å². The van der Waals surface area contributed by atoms with Crippen LogP contribution in [0.3, 0.4) is 0 Å². The van der Waals surface area contributed by atoms with Gasteiger partial charge in [0.25, 0.3) is 5.22 Å². The number of sulfone groups is 1. The highest BCUT2D eigenvalue weighted by Gasteiger charge is 2.29. The summed E-state index contributed by atoms with van der Waals surface area (Å²) in [6.07, 6.45) is 1.90. The monoisotopic (exact) mass is 292 g/mol. The Labute approximate surface area is 110 Å². The Hall–Kier alpha value is -0.600. The molecule has 102 valence electrons. The highest BCUT2D eigenvalue weighted by atomic mass is 32.2. The lowest BCUT2D eigenvalue weighted by Crippen LogP contribution is -2.07. The predicted octanol–water partition coefficient (Wildman–Crippen LogP) is 0.521. The van der Waals surface area contributed by atoms with Crippen LogP contribution in [0.25, 0.3) is 0 Å². The van der Waals surface area contributed by atoms with Gasteiger partial charge in [0.1, 0.15) is 0 Å². The van der Waals surface area contributed by atoms with Gasteiger partial charge in [-0.2, -0.15) is 0 Å². The first kappa shape index (κ1) is 13.8. The van der Waals surface area contributed by atoms with E-state index in [0.29, 0.717) is 30.4 Å². The quantitative estimate of drug-likeness (QED) is 0.603. The summed E-state index contributed by atoms with van der Waals surface area (Å²) < 4.78 is 28.1. The van der Waals surface area contributed by atoms with Gasteiger partial charge in [0.15, 0.2) is 9.84 Å². The van der Waals surface area contributed by atoms with Crippen molar-refractivity contribution in [2.45, 2.75) is 24.5 Å². The zero-order chi connectivity index (χ0) is 13.0. The second kappa shape index (κ2) is 6.03. The Bertz CT molecular complexity index is 486. The van der Waals surface area contributed by atoms with Gasteiger partial charge in [0, 0.05) is 18.8 Å². The molecule has 2 heterocycles. The minimum absolute atomic E-state index is 0.103. The molecule has 0 unspecified atom stereocenters. The molecule has 1 atom stereocenters. The molecule has 0 amide bonds. The maximum atomic E-state index is 11.3. The van der Waals surface area contributed by atoms with E-state index in [1.807, 2.05) is 0 Å². The van der Waals surface area contributed by atoms with E-state index in [4.69, 9.17) is 9.52 Å². The van der Waals surface area contributed by atoms with E-state index in [9.17, 15) is 8.42 Å². The second-order valence-electron chi connectivity index (χ2n) is 4.36. The topological polar surface area (TPSA) is 93.3 Å². The van der Waals surface area contributed by atoms with E-state index < -0.39 is 9.84 Å². The molecule has 1 aliphatic rings. The molecule has 1 fully saturated rings. The lowest BCUT2D eigenvalue weighted by atomic mass is 10.1. The molecule has 6 nitrogen and oxygen atoms in total. The van der Waals surface area contributed by atoms with Crippen molar-refractivity contribution in [1.82, 2.24) is 10.2 Å². The number of nitrogens with zero attached hydrogens (tertiary/aromatic N) is 2. The molecule has 0 spiro atoms. The number of hydrogen-bond donors (Lipinski definition) is 1. The minimum Gasteiger partial charge on any atom is -0.416 e. The van der Waals surface area contributed by atoms with Gasteiger partial charge in [-0.05, 0) is 18.8 Å². The average Bonchev–Trinajstić information content (AvgIpc) is 2.87. The lowest BCUT2D eigenvalue weighted by Gasteiger charge is -2.01. The van der Waals surface area contributed by atoms with Crippen LogP contribution >= 0.6 is 11.8 Å². The molecule has 1 aliphatic heterocycles. The van der Waals surface area contributed by atoms with Crippen molar-refractivity contribution in [3.8, 4) is 0 Å². The zero-order valence-corrected chi connectivity index (χ0v) is 11.5. The van der Waals surface area contributed by atoms with Crippen LogP contribution < -0.4 is 0 Å². The van der Waals surface area contributed by atoms with Crippen molar-refractivity contribution in [2.75, 3.05) is 23.9 Å². The van der Waals surface area contributed by atoms with Crippen LogP contribution in [-0.2, 0) is 16.3 Å². The van der Waals surface area contributed by atoms with Crippen LogP contribution in [0.5, 0.6) is 0 Å². The van der Waals surface area contributed by atoms with Gasteiger partial charge >= 0.3 is 0 Å². The van der Waals surface area contributed by atoms with E-state index in [1.54, 1.807) is 0 Å². The van der Waals surface area contributed by atoms with Gasteiger partial charge < -0.3 is 9.52 Å². The van der Waals surface area contributed by atoms with Gasteiger partial charge in [-0.15, -0.1) is 10.2 Å². The Balaban J connectivity index is 1.83. The first-order chi connectivity index (χ1) is 8.59. The van der Waals surface area contributed by atoms with E-state index in [0.717, 1.165) is 5.75 Å². The van der Waals surface area contributed by atoms with E-state index in [-0.39, 0.29) is 24.0 Å². The summed E-state index contributed by atoms with van der Waals surface area (Å²) in [7, 11) is -2.85. The fourth-order valence-electron chi connectivity index (χ4n) is 1.88. The summed E-state index contributed by atoms with van der Waals surface area (Å²) >= 11 is 1.41. The number of thioether (sulfide) groups is 1. The van der Waals surface area contributed by atoms with Crippen LogP contribution in [0.1, 0.15) is 18.7 Å². The van der Waals surface area contributed by atoms with E-state index in [1.165, 1.54) is 11.8 Å². The molecule has 0 aliphatic carbocycles. The number of aliphatic hydroxyl groups excluding tert-OH is 1. The normalized spacial score (nSPS) is 22.4. The maximum absolute atomic E-state index is 11.3. The number of rotatable bonds is 6. The molecule has 1 N–H and O–H groups in total. The summed E-state index contributed by atoms with van der Waals surface area (Å²) in [5.41, 5.74) is 0. The Morgan fingerprint density at radius 1 is 1.44 bits per heavy atom. The fraction of sp³-hybridized carbons (Fsp3) is 0.800. The third-order valence-corrected chi connectivity index (χ3v) is 5.51. The summed E-state index contributed by atoms with van der Waals surface area (Å²) in [5.74, 6) is 1.83. The third-order valence-electron chi connectivity index (χ3n) is 2.77. The van der Waals surface area contributed by atoms with Crippen LogP contribution in [-0.4, -0.2) is 47.6 Å². The fourth-order valence-corrected chi connectivity index (χ4v) is 4.45. The molecule has 1 aromatic heterocycles. The molecule has 2 rings (SSSR count). The first-order valence-electron chi connectivity index (χ1n) is 5.85. The van der Waals surface area contributed by atoms with Crippen molar-refractivity contribution in [1.29, 1.82) is 0 Å². The third kappa shape index (κ3) is 3.96. The zero-order valence-electron chi connectivity index (χ0n) is 9.91. The van der Waals surface area contributed by atoms with Crippen molar-refractivity contribution in [2.24, 2.45) is 5.92 Å². The molecular formula is C10H16N2O4S2. The summed E-state index contributed by atoms with van der Waals surface area (Å²) in [6, 6.07) is 0. The molecule has 0 saturated carbocycles. The van der Waals surface area contributed by atoms with Crippen molar-refractivity contribution in [3.63, 3.8) is 0 Å². The van der Waals surface area contributed by atoms with Crippen molar-refractivity contribution < 1.29 is 17.9 Å². The standard InChI is InChI=1S/C10H16N2O4S2/c13-3-1-4-17-10-12-11-9(16-10)6-8-2-5-18(14,15)7-8/h8,13H,1-7H2/t8-/m1/s1. The van der Waals surface area contributed by atoms with Crippen LogP contribution in [0, 0.1) is 5.92 Å². The van der Waals surface area contributed by atoms with Crippen LogP contribution in [0.2, 0.25) is 0 Å². The molecular weight excluding hydrogens is 276 g/mol. The van der Waals surface area contributed by atoms with Crippen LogP contribution in [0.15, 0.2) is 9.64 Å². The molecule has 0 radical (unpaired) electrons. The molecule has 18 heavy (non-hydrogen) atoms. The number of aliphatic hydroxyl groups is 1. The summed E-state index contributed by atoms with van der Waals surface area (Å²) in [5, 5.41) is 16.9. The van der Waals surface area contributed by atoms with Crippen molar-refractivity contribution >= 4 is 21.6 Å². The van der Waals surface area contributed by atoms with Gasteiger partial charge in [-0.25, -0.2) is 8.42 Å². The lowest BCUT2D eigenvalue weighted by molar-refractivity contribution is 0.296. The Kier molecular flexibility index (Phi) is 4.63. The summed E-state index contributed by atoms with van der Waals surface area (Å²) in [4.78, 5) is 0. The summed E-state index contributed by atoms with van der Waals surface area (Å²) in [6.45, 7) is 0.147. The van der Waals surface area contributed by atoms with Crippen molar-refractivity contribution in [3.05, 3.63) is 5.89 Å². The molecule has 1 saturated heterocycles. The molecule has 0 aromatic carbocycles. The SMILES string of the molecule is O=S1(=O)CC[C@H](Cc2nnc(SCCCO)o2)C1. The first-order valence-corrected chi connectivity index (χ1v) is 8.66. The largest absolute Gasteiger partial charge is 0.416 e. The van der Waals surface area contributed by atoms with Gasteiger partial charge in [-0.3, -0.25) is 0 Å².